The van der Waals surface area contributed by atoms with Gasteiger partial charge in [-0.15, -0.1) is 0 Å². The molecule has 17 heteroatoms. The number of rotatable bonds is 15. The van der Waals surface area contributed by atoms with Crippen LogP contribution in [0.2, 0.25) is 0 Å². The zero-order chi connectivity index (χ0) is 42.8. The zero-order valence-corrected chi connectivity index (χ0v) is 34.1. The molecule has 4 atom stereocenters. The molecule has 0 saturated heterocycles. The van der Waals surface area contributed by atoms with E-state index in [1.807, 2.05) is 23.9 Å². The molecule has 0 heterocycles. The minimum absolute atomic E-state index is 0.0235. The Balaban J connectivity index is 1.78. The number of amides is 5. The molecule has 2 aromatic carbocycles. The molecule has 13 nitrogen and oxygen atoms in total. The summed E-state index contributed by atoms with van der Waals surface area (Å²) in [6.07, 6.45) is -4.36. The van der Waals surface area contributed by atoms with E-state index in [9.17, 15) is 50.7 Å². The molecule has 3 rings (SSSR count). The second kappa shape index (κ2) is 16.7. The number of carbonyl (C=O) groups excluding carboxylic acids is 4. The first-order chi connectivity index (χ1) is 25.6. The maximum atomic E-state index is 14.1. The van der Waals surface area contributed by atoms with E-state index < -0.39 is 80.4 Å². The molecule has 1 saturated carbocycles. The van der Waals surface area contributed by atoms with Crippen molar-refractivity contribution in [2.45, 2.75) is 108 Å². The van der Waals surface area contributed by atoms with E-state index in [1.165, 1.54) is 44.1 Å². The highest BCUT2D eigenvalue weighted by atomic mass is 32.2. The van der Waals surface area contributed by atoms with Gasteiger partial charge in [-0.1, -0.05) is 62.4 Å². The third-order valence-electron chi connectivity index (χ3n) is 11.1. The van der Waals surface area contributed by atoms with Crippen LogP contribution in [0, 0.1) is 11.3 Å². The molecule has 1 aliphatic carbocycles. The molecule has 0 radical (unpaired) electrons. The van der Waals surface area contributed by atoms with Gasteiger partial charge in [0, 0.05) is 25.7 Å². The number of carboxylic acid groups (broad SMARTS) is 1. The molecule has 1 aliphatic rings. The van der Waals surface area contributed by atoms with Crippen molar-refractivity contribution < 1.29 is 50.7 Å². The summed E-state index contributed by atoms with van der Waals surface area (Å²) in [6, 6.07) is 11.3. The normalized spacial score (nSPS) is 17.1. The average molecular weight is 808 g/mol. The lowest BCUT2D eigenvalue weighted by Gasteiger charge is -2.42. The fourth-order valence-corrected chi connectivity index (χ4v) is 7.42. The Labute approximate surface area is 326 Å². The molecular formula is C39H52F3N5O8S. The standard InChI is InChI=1S/C39H52F3N5O8S/c1-23(2)30(22-24(3)31(48)45-56(54,55)29-18-16-28(17-19-29)38(20-21-38)44-33(50)39(40,41)42)47(10)34(51)36(6,7)25(4)43-32(49)37(8,26(5)46(9)35(52)53)27-14-12-11-13-15-27/h11-19,22-23,25-26,30H,20-21H2,1-10H3,(H,43,49)(H,44,50)(H,45,48)(H,52,53)/b24-22+/t25-,26?,30+,37-/m0/s1. The quantitative estimate of drug-likeness (QED) is 0.180. The van der Waals surface area contributed by atoms with E-state index in [4.69, 9.17) is 0 Å². The number of likely N-dealkylation sites (N-methyl/N-ethyl adjacent to an activating group) is 2. The zero-order valence-electron chi connectivity index (χ0n) is 33.2. The number of hydrogen-bond acceptors (Lipinski definition) is 7. The molecule has 2 aromatic rings. The average Bonchev–Trinajstić information content (AvgIpc) is 3.91. The lowest BCUT2D eigenvalue weighted by molar-refractivity contribution is -0.174. The first-order valence-corrected chi connectivity index (χ1v) is 19.5. The predicted molar refractivity (Wildman–Crippen MR) is 202 cm³/mol. The van der Waals surface area contributed by atoms with E-state index in [1.54, 1.807) is 65.0 Å². The van der Waals surface area contributed by atoms with Gasteiger partial charge in [0.2, 0.25) is 11.8 Å². The van der Waals surface area contributed by atoms with Crippen molar-refractivity contribution in [3.8, 4) is 0 Å². The summed E-state index contributed by atoms with van der Waals surface area (Å²) < 4.78 is 66.8. The monoisotopic (exact) mass is 807 g/mol. The number of carbonyl (C=O) groups is 5. The van der Waals surface area contributed by atoms with Crippen LogP contribution in [0.15, 0.2) is 71.1 Å². The Kier molecular flexibility index (Phi) is 13.5. The van der Waals surface area contributed by atoms with Crippen LogP contribution in [-0.2, 0) is 40.2 Å². The maximum absolute atomic E-state index is 14.1. The Bertz CT molecular complexity index is 1950. The lowest BCUT2D eigenvalue weighted by Crippen LogP contribution is -2.60. The fourth-order valence-electron chi connectivity index (χ4n) is 6.40. The third kappa shape index (κ3) is 9.71. The molecular weight excluding hydrogens is 756 g/mol. The van der Waals surface area contributed by atoms with Gasteiger partial charge in [0.05, 0.1) is 33.3 Å². The second-order valence-corrected chi connectivity index (χ2v) is 17.2. The SMILES string of the molecule is C/C(=C\[C@H](C(C)C)N(C)C(=O)C(C)(C)[C@H](C)NC(=O)[C@](C)(c1ccccc1)C(C)N(C)C(=O)O)C(=O)NS(=O)(=O)c1ccc(C2(NC(=O)C(F)(F)F)CC2)cc1. The number of nitrogens with zero attached hydrogens (tertiary/aromatic N) is 2. The molecule has 0 aliphatic heterocycles. The smallest absolute Gasteiger partial charge is 0.465 e. The van der Waals surface area contributed by atoms with Gasteiger partial charge in [-0.3, -0.25) is 19.2 Å². The molecule has 56 heavy (non-hydrogen) atoms. The number of benzene rings is 2. The first kappa shape index (κ1) is 45.5. The molecule has 5 amide bonds. The van der Waals surface area contributed by atoms with E-state index in [-0.39, 0.29) is 34.8 Å². The predicted octanol–water partition coefficient (Wildman–Crippen LogP) is 5.08. The number of halogens is 3. The van der Waals surface area contributed by atoms with Crippen LogP contribution < -0.4 is 15.4 Å². The summed E-state index contributed by atoms with van der Waals surface area (Å²) in [5.74, 6) is -4.24. The van der Waals surface area contributed by atoms with Crippen molar-refractivity contribution >= 4 is 39.7 Å². The third-order valence-corrected chi connectivity index (χ3v) is 12.4. The van der Waals surface area contributed by atoms with Crippen LogP contribution in [-0.4, -0.2) is 91.4 Å². The van der Waals surface area contributed by atoms with Crippen LogP contribution in [0.5, 0.6) is 0 Å². The number of alkyl halides is 3. The van der Waals surface area contributed by atoms with Gasteiger partial charge < -0.3 is 25.5 Å². The first-order valence-electron chi connectivity index (χ1n) is 18.0. The largest absolute Gasteiger partial charge is 0.471 e. The highest BCUT2D eigenvalue weighted by Crippen LogP contribution is 2.46. The second-order valence-electron chi connectivity index (χ2n) is 15.5. The molecule has 0 aromatic heterocycles. The molecule has 1 fully saturated rings. The highest BCUT2D eigenvalue weighted by molar-refractivity contribution is 7.90. The van der Waals surface area contributed by atoms with E-state index in [2.05, 4.69) is 5.32 Å². The van der Waals surface area contributed by atoms with Crippen LogP contribution in [0.3, 0.4) is 0 Å². The maximum Gasteiger partial charge on any atom is 0.471 e. The number of sulfonamides is 1. The summed E-state index contributed by atoms with van der Waals surface area (Å²) >= 11 is 0. The van der Waals surface area contributed by atoms with Gasteiger partial charge in [-0.05, 0) is 83.6 Å². The van der Waals surface area contributed by atoms with Crippen molar-refractivity contribution in [3.63, 3.8) is 0 Å². The molecule has 0 bridgehead atoms. The minimum atomic E-state index is -5.08. The van der Waals surface area contributed by atoms with Crippen LogP contribution in [0.25, 0.3) is 0 Å². The molecule has 0 spiro atoms. The molecule has 4 N–H and O–H groups in total. The molecule has 308 valence electrons. The Morgan fingerprint density at radius 3 is 1.86 bits per heavy atom. The van der Waals surface area contributed by atoms with E-state index in [0.717, 1.165) is 17.0 Å². The van der Waals surface area contributed by atoms with Gasteiger partial charge in [0.25, 0.3) is 15.9 Å². The lowest BCUT2D eigenvalue weighted by atomic mass is 9.74. The van der Waals surface area contributed by atoms with Crippen molar-refractivity contribution in [1.82, 2.24) is 25.2 Å². The fraction of sp³-hybridized carbons (Fsp3) is 0.513. The number of hydrogen-bond donors (Lipinski definition) is 4. The van der Waals surface area contributed by atoms with Gasteiger partial charge in [0.1, 0.15) is 0 Å². The van der Waals surface area contributed by atoms with Gasteiger partial charge >= 0.3 is 18.2 Å². The number of nitrogens with one attached hydrogen (secondary N) is 3. The topological polar surface area (TPSA) is 182 Å². The van der Waals surface area contributed by atoms with Gasteiger partial charge in [-0.25, -0.2) is 17.9 Å². The summed E-state index contributed by atoms with van der Waals surface area (Å²) in [5.41, 5.74) is -3.00. The summed E-state index contributed by atoms with van der Waals surface area (Å²) in [5, 5.41) is 14.6. The summed E-state index contributed by atoms with van der Waals surface area (Å²) in [7, 11) is -1.53. The highest BCUT2D eigenvalue weighted by Gasteiger charge is 2.51. The summed E-state index contributed by atoms with van der Waals surface area (Å²) in [4.78, 5) is 67.0. The van der Waals surface area contributed by atoms with E-state index >= 15 is 0 Å². The summed E-state index contributed by atoms with van der Waals surface area (Å²) in [6.45, 7) is 13.2. The minimum Gasteiger partial charge on any atom is -0.465 e. The van der Waals surface area contributed by atoms with Gasteiger partial charge in [-0.2, -0.15) is 13.2 Å². The van der Waals surface area contributed by atoms with Gasteiger partial charge in [0.15, 0.2) is 0 Å². The Morgan fingerprint density at radius 1 is 0.857 bits per heavy atom. The van der Waals surface area contributed by atoms with Crippen LogP contribution in [0.4, 0.5) is 18.0 Å². The van der Waals surface area contributed by atoms with Crippen LogP contribution >= 0.6 is 0 Å². The van der Waals surface area contributed by atoms with Crippen molar-refractivity contribution in [1.29, 1.82) is 0 Å². The van der Waals surface area contributed by atoms with Crippen molar-refractivity contribution in [3.05, 3.63) is 77.4 Å². The Morgan fingerprint density at radius 2 is 1.39 bits per heavy atom. The van der Waals surface area contributed by atoms with E-state index in [0.29, 0.717) is 5.56 Å². The molecule has 1 unspecified atom stereocenters. The van der Waals surface area contributed by atoms with Crippen LogP contribution in [0.1, 0.15) is 79.4 Å². The Hall–Kier alpha value is -4.93. The van der Waals surface area contributed by atoms with Crippen molar-refractivity contribution in [2.24, 2.45) is 11.3 Å². The van der Waals surface area contributed by atoms with Crippen molar-refractivity contribution in [2.75, 3.05) is 14.1 Å².